The summed E-state index contributed by atoms with van der Waals surface area (Å²) in [7, 11) is 2.05. The van der Waals surface area contributed by atoms with E-state index in [0.717, 1.165) is 28.7 Å². The van der Waals surface area contributed by atoms with Crippen molar-refractivity contribution in [2.75, 3.05) is 19.1 Å². The molecule has 0 amide bonds. The van der Waals surface area contributed by atoms with Gasteiger partial charge in [-0.1, -0.05) is 24.3 Å². The van der Waals surface area contributed by atoms with Crippen molar-refractivity contribution >= 4 is 18.3 Å². The molecule has 1 aliphatic heterocycles. The lowest BCUT2D eigenvalue weighted by Crippen LogP contribution is -2.41. The summed E-state index contributed by atoms with van der Waals surface area (Å²) in [5.41, 5.74) is 0.226. The predicted molar refractivity (Wildman–Crippen MR) is 143 cm³/mol. The quantitative estimate of drug-likeness (QED) is 0.325. The average Bonchev–Trinajstić information content (AvgIpc) is 3.10. The van der Waals surface area contributed by atoms with Crippen molar-refractivity contribution < 1.29 is 32.0 Å². The molecule has 3 aromatic carbocycles. The Morgan fingerprint density at radius 1 is 0.737 bits per heavy atom. The Bertz CT molecular complexity index is 1180. The van der Waals surface area contributed by atoms with E-state index in [1.807, 2.05) is 81.1 Å². The topological polar surface area (TPSA) is 40.2 Å². The summed E-state index contributed by atoms with van der Waals surface area (Å²) in [6.45, 7) is 8.22. The highest BCUT2D eigenvalue weighted by atomic mass is 19.4. The molecule has 3 aromatic rings. The molecule has 0 unspecified atom stereocenters. The van der Waals surface area contributed by atoms with Crippen molar-refractivity contribution in [2.45, 2.75) is 58.2 Å². The van der Waals surface area contributed by atoms with Crippen LogP contribution in [0.4, 0.5) is 18.9 Å². The number of hydrogen-bond donors (Lipinski definition) is 0. The van der Waals surface area contributed by atoms with Gasteiger partial charge < -0.3 is 23.7 Å². The third kappa shape index (κ3) is 5.94. The number of ether oxygens (including phenoxy) is 2. The number of methoxy groups -OCH3 is 2. The predicted octanol–water partition coefficient (Wildman–Crippen LogP) is 6.23. The molecule has 0 aliphatic carbocycles. The van der Waals surface area contributed by atoms with E-state index in [4.69, 9.17) is 18.8 Å². The van der Waals surface area contributed by atoms with E-state index in [1.165, 1.54) is 12.1 Å². The van der Waals surface area contributed by atoms with Gasteiger partial charge >= 0.3 is 13.3 Å². The number of benzene rings is 3. The number of nitrogens with zero attached hydrogens (tertiary/aromatic N) is 1. The summed E-state index contributed by atoms with van der Waals surface area (Å²) >= 11 is 0. The molecular formula is C29H33BF3NO4. The Hall–Kier alpha value is -3.17. The summed E-state index contributed by atoms with van der Waals surface area (Å²) in [5.74, 6) is 1.46. The Labute approximate surface area is 222 Å². The Kier molecular flexibility index (Phi) is 7.73. The molecule has 9 heteroatoms. The summed E-state index contributed by atoms with van der Waals surface area (Å²) in [6.07, 6.45) is -4.56. The summed E-state index contributed by atoms with van der Waals surface area (Å²) < 4.78 is 64.9. The van der Waals surface area contributed by atoms with Crippen molar-refractivity contribution in [3.8, 4) is 11.5 Å². The van der Waals surface area contributed by atoms with Crippen LogP contribution in [0.5, 0.6) is 11.5 Å². The van der Waals surface area contributed by atoms with Crippen molar-refractivity contribution in [3.05, 3.63) is 83.4 Å². The molecule has 0 aromatic heterocycles. The van der Waals surface area contributed by atoms with Crippen molar-refractivity contribution in [2.24, 2.45) is 0 Å². The van der Waals surface area contributed by atoms with Gasteiger partial charge in [0.15, 0.2) is 0 Å². The number of alkyl halides is 3. The largest absolute Gasteiger partial charge is 0.497 e. The monoisotopic (exact) mass is 527 g/mol. The van der Waals surface area contributed by atoms with Crippen LogP contribution in [0.3, 0.4) is 0 Å². The van der Waals surface area contributed by atoms with Crippen molar-refractivity contribution in [1.82, 2.24) is 0 Å². The second-order valence-electron chi connectivity index (χ2n) is 10.4. The second-order valence-corrected chi connectivity index (χ2v) is 10.4. The SMILES string of the molecule is COc1ccc(CN(Cc2ccc(OC)cc2)c2ccc(C(F)(F)F)c(B3OC(C)(C)C(C)(C)O3)c2)cc1. The van der Waals surface area contributed by atoms with Gasteiger partial charge in [-0.05, 0) is 86.7 Å². The van der Waals surface area contributed by atoms with Gasteiger partial charge in [0.05, 0.1) is 31.0 Å². The molecule has 1 saturated heterocycles. The fourth-order valence-electron chi connectivity index (χ4n) is 4.31. The smallest absolute Gasteiger partial charge is 0.495 e. The van der Waals surface area contributed by atoms with Gasteiger partial charge in [-0.3, -0.25) is 0 Å². The molecule has 202 valence electrons. The molecule has 1 aliphatic rings. The van der Waals surface area contributed by atoms with Gasteiger partial charge in [0.1, 0.15) is 11.5 Å². The van der Waals surface area contributed by atoms with Crippen LogP contribution < -0.4 is 19.8 Å². The summed E-state index contributed by atoms with van der Waals surface area (Å²) in [4.78, 5) is 2.03. The highest BCUT2D eigenvalue weighted by molar-refractivity contribution is 6.62. The van der Waals surface area contributed by atoms with E-state index in [1.54, 1.807) is 14.2 Å². The first-order valence-corrected chi connectivity index (χ1v) is 12.4. The third-order valence-electron chi connectivity index (χ3n) is 7.28. The van der Waals surface area contributed by atoms with E-state index in [2.05, 4.69) is 0 Å². The molecule has 1 fully saturated rings. The maximum Gasteiger partial charge on any atom is 0.495 e. The van der Waals surface area contributed by atoms with Crippen LogP contribution in [0.15, 0.2) is 66.7 Å². The number of halogens is 3. The molecule has 0 atom stereocenters. The highest BCUT2D eigenvalue weighted by Crippen LogP contribution is 2.39. The molecule has 0 bridgehead atoms. The van der Waals surface area contributed by atoms with E-state index < -0.39 is 30.1 Å². The lowest BCUT2D eigenvalue weighted by Gasteiger charge is -2.32. The first-order valence-electron chi connectivity index (χ1n) is 12.4. The minimum absolute atomic E-state index is 0.0388. The summed E-state index contributed by atoms with van der Waals surface area (Å²) in [6, 6.07) is 19.4. The number of hydrogen-bond acceptors (Lipinski definition) is 5. The van der Waals surface area contributed by atoms with Crippen LogP contribution >= 0.6 is 0 Å². The summed E-state index contributed by atoms with van der Waals surface area (Å²) in [5, 5.41) is 0. The molecule has 0 radical (unpaired) electrons. The maximum atomic E-state index is 14.1. The second kappa shape index (κ2) is 10.5. The Morgan fingerprint density at radius 3 is 1.58 bits per heavy atom. The lowest BCUT2D eigenvalue weighted by atomic mass is 9.75. The van der Waals surface area contributed by atoms with Crippen LogP contribution in [-0.4, -0.2) is 32.5 Å². The highest BCUT2D eigenvalue weighted by Gasteiger charge is 2.53. The number of anilines is 1. The van der Waals surface area contributed by atoms with E-state index >= 15 is 0 Å². The molecule has 0 saturated carbocycles. The Balaban J connectivity index is 1.75. The Morgan fingerprint density at radius 2 is 1.18 bits per heavy atom. The minimum atomic E-state index is -4.56. The van der Waals surface area contributed by atoms with Crippen LogP contribution in [0.25, 0.3) is 0 Å². The molecule has 0 N–H and O–H groups in total. The standard InChI is InChI=1S/C29H33BF3NO4/c1-27(2)28(3,4)38-30(37-27)26-17-22(11-16-25(26)29(31,32)33)34(18-20-7-12-23(35-5)13-8-20)19-21-9-14-24(36-6)15-10-21/h7-17H,18-19H2,1-6H3. The number of rotatable bonds is 8. The van der Waals surface area contributed by atoms with Crippen LogP contribution in [0.2, 0.25) is 0 Å². The third-order valence-corrected chi connectivity index (χ3v) is 7.28. The molecule has 0 spiro atoms. The minimum Gasteiger partial charge on any atom is -0.497 e. The van der Waals surface area contributed by atoms with E-state index in [0.29, 0.717) is 18.8 Å². The zero-order chi connectivity index (χ0) is 27.7. The van der Waals surface area contributed by atoms with E-state index in [-0.39, 0.29) is 5.46 Å². The molecular weight excluding hydrogens is 494 g/mol. The first-order chi connectivity index (χ1) is 17.8. The normalized spacial score (nSPS) is 16.4. The van der Waals surface area contributed by atoms with Crippen LogP contribution in [0.1, 0.15) is 44.4 Å². The van der Waals surface area contributed by atoms with Crippen LogP contribution in [-0.2, 0) is 28.6 Å². The van der Waals surface area contributed by atoms with Gasteiger partial charge in [-0.2, -0.15) is 13.2 Å². The molecule has 4 rings (SSSR count). The van der Waals surface area contributed by atoms with Gasteiger partial charge in [0, 0.05) is 18.8 Å². The fourth-order valence-corrected chi connectivity index (χ4v) is 4.31. The maximum absolute atomic E-state index is 14.1. The zero-order valence-electron chi connectivity index (χ0n) is 22.6. The zero-order valence-corrected chi connectivity index (χ0v) is 22.6. The average molecular weight is 527 g/mol. The van der Waals surface area contributed by atoms with Gasteiger partial charge in [0.2, 0.25) is 0 Å². The molecule has 1 heterocycles. The first kappa shape index (κ1) is 27.9. The van der Waals surface area contributed by atoms with Gasteiger partial charge in [-0.15, -0.1) is 0 Å². The molecule has 38 heavy (non-hydrogen) atoms. The van der Waals surface area contributed by atoms with Crippen LogP contribution in [0, 0.1) is 0 Å². The molecule has 5 nitrogen and oxygen atoms in total. The van der Waals surface area contributed by atoms with Crippen molar-refractivity contribution in [1.29, 1.82) is 0 Å². The fraction of sp³-hybridized carbons (Fsp3) is 0.379. The van der Waals surface area contributed by atoms with Crippen molar-refractivity contribution in [3.63, 3.8) is 0 Å². The van der Waals surface area contributed by atoms with Gasteiger partial charge in [0.25, 0.3) is 0 Å². The van der Waals surface area contributed by atoms with Gasteiger partial charge in [-0.25, -0.2) is 0 Å². The van der Waals surface area contributed by atoms with E-state index in [9.17, 15) is 13.2 Å². The lowest BCUT2D eigenvalue weighted by molar-refractivity contribution is -0.136.